The highest BCUT2D eigenvalue weighted by Crippen LogP contribution is 2.37. The van der Waals surface area contributed by atoms with E-state index in [-0.39, 0.29) is 11.7 Å². The number of carbonyl (C=O) groups is 1. The molecule has 0 unspecified atom stereocenters. The molecule has 21 heavy (non-hydrogen) atoms. The predicted octanol–water partition coefficient (Wildman–Crippen LogP) is 3.02. The molecule has 0 spiro atoms. The van der Waals surface area contributed by atoms with Crippen molar-refractivity contribution in [3.63, 3.8) is 0 Å². The number of phenols is 1. The first-order chi connectivity index (χ1) is 10.1. The van der Waals surface area contributed by atoms with Crippen LogP contribution in [0.2, 0.25) is 0 Å². The summed E-state index contributed by atoms with van der Waals surface area (Å²) in [5, 5.41) is 16.0. The van der Waals surface area contributed by atoms with E-state index < -0.39 is 6.17 Å². The van der Waals surface area contributed by atoms with Crippen molar-refractivity contribution in [2.24, 2.45) is 0 Å². The van der Waals surface area contributed by atoms with E-state index in [0.717, 1.165) is 15.7 Å². The molecule has 0 saturated heterocycles. The van der Waals surface area contributed by atoms with E-state index in [1.807, 2.05) is 18.2 Å². The van der Waals surface area contributed by atoms with Gasteiger partial charge >= 0.3 is 0 Å². The quantitative estimate of drug-likeness (QED) is 0.780. The highest BCUT2D eigenvalue weighted by atomic mass is 79.9. The fourth-order valence-electron chi connectivity index (χ4n) is 2.31. The van der Waals surface area contributed by atoms with Gasteiger partial charge in [-0.25, -0.2) is 0 Å². The van der Waals surface area contributed by atoms with E-state index in [2.05, 4.69) is 26.6 Å². The monoisotopic (exact) mass is 348 g/mol. The summed E-state index contributed by atoms with van der Waals surface area (Å²) in [5.41, 5.74) is 2.08. The molecular formula is C15H13BrN2O3. The predicted molar refractivity (Wildman–Crippen MR) is 82.6 cm³/mol. The number of ether oxygens (including phenoxy) is 1. The van der Waals surface area contributed by atoms with E-state index in [1.165, 1.54) is 7.11 Å². The number of fused-ring (bicyclic) bond motifs is 1. The number of benzene rings is 2. The van der Waals surface area contributed by atoms with E-state index in [0.29, 0.717) is 11.3 Å². The molecule has 108 valence electrons. The topological polar surface area (TPSA) is 70.6 Å². The van der Waals surface area contributed by atoms with Gasteiger partial charge < -0.3 is 20.5 Å². The number of halogens is 1. The van der Waals surface area contributed by atoms with Gasteiger partial charge in [0.25, 0.3) is 5.91 Å². The average Bonchev–Trinajstić information content (AvgIpc) is 2.49. The molecule has 2 aromatic rings. The lowest BCUT2D eigenvalue weighted by Gasteiger charge is -2.29. The first kappa shape index (κ1) is 13.8. The molecule has 1 amide bonds. The van der Waals surface area contributed by atoms with Gasteiger partial charge in [0.05, 0.1) is 12.7 Å². The molecule has 5 nitrogen and oxygen atoms in total. The van der Waals surface area contributed by atoms with Crippen LogP contribution in [0.5, 0.6) is 11.5 Å². The maximum atomic E-state index is 12.1. The molecule has 0 saturated carbocycles. The molecule has 0 bridgehead atoms. The van der Waals surface area contributed by atoms with Crippen molar-refractivity contribution >= 4 is 27.5 Å². The molecule has 0 aliphatic carbocycles. The standard InChI is InChI=1S/C15H13BrN2O3/c1-21-13-7-10(16)9(6-12(13)19)14-17-11-5-3-2-4-8(11)15(20)18-14/h2-7,14,17,19H,1H3,(H,18,20)/t14-/m0/s1. The molecule has 1 aliphatic heterocycles. The molecule has 0 fully saturated rings. The highest BCUT2D eigenvalue weighted by Gasteiger charge is 2.26. The van der Waals surface area contributed by atoms with Crippen LogP contribution in [-0.4, -0.2) is 18.1 Å². The van der Waals surface area contributed by atoms with Crippen LogP contribution in [0.4, 0.5) is 5.69 Å². The van der Waals surface area contributed by atoms with Gasteiger partial charge in [0.1, 0.15) is 6.17 Å². The molecule has 0 radical (unpaired) electrons. The minimum absolute atomic E-state index is 0.0191. The molecule has 3 N–H and O–H groups in total. The number of para-hydroxylation sites is 1. The number of hydrogen-bond acceptors (Lipinski definition) is 4. The van der Waals surface area contributed by atoms with Crippen LogP contribution in [-0.2, 0) is 0 Å². The second-order valence-corrected chi connectivity index (χ2v) is 5.50. The molecule has 1 atom stereocenters. The minimum Gasteiger partial charge on any atom is -0.504 e. The molecule has 0 aromatic heterocycles. The normalized spacial score (nSPS) is 16.7. The van der Waals surface area contributed by atoms with Crippen molar-refractivity contribution in [2.45, 2.75) is 6.17 Å². The number of amides is 1. The van der Waals surface area contributed by atoms with Gasteiger partial charge in [0.15, 0.2) is 11.5 Å². The number of phenolic OH excluding ortho intramolecular Hbond substituents is 1. The summed E-state index contributed by atoms with van der Waals surface area (Å²) in [6.45, 7) is 0. The first-order valence-electron chi connectivity index (χ1n) is 6.33. The first-order valence-corrected chi connectivity index (χ1v) is 7.12. The number of rotatable bonds is 2. The van der Waals surface area contributed by atoms with Crippen LogP contribution in [0.3, 0.4) is 0 Å². The maximum Gasteiger partial charge on any atom is 0.255 e. The second-order valence-electron chi connectivity index (χ2n) is 4.64. The zero-order valence-corrected chi connectivity index (χ0v) is 12.8. The third-order valence-electron chi connectivity index (χ3n) is 3.36. The Labute approximate surface area is 130 Å². The smallest absolute Gasteiger partial charge is 0.255 e. The average molecular weight is 349 g/mol. The Morgan fingerprint density at radius 1 is 1.24 bits per heavy atom. The Morgan fingerprint density at radius 3 is 2.76 bits per heavy atom. The lowest BCUT2D eigenvalue weighted by Crippen LogP contribution is -2.38. The van der Waals surface area contributed by atoms with Crippen molar-refractivity contribution in [3.8, 4) is 11.5 Å². The lowest BCUT2D eigenvalue weighted by molar-refractivity contribution is 0.0935. The SMILES string of the molecule is COc1cc(Br)c([C@@H]2NC(=O)c3ccccc3N2)cc1O. The van der Waals surface area contributed by atoms with Gasteiger partial charge in [-0.1, -0.05) is 28.1 Å². The van der Waals surface area contributed by atoms with Crippen LogP contribution < -0.4 is 15.4 Å². The van der Waals surface area contributed by atoms with Crippen molar-refractivity contribution in [1.82, 2.24) is 5.32 Å². The summed E-state index contributed by atoms with van der Waals surface area (Å²) in [6.07, 6.45) is -0.432. The van der Waals surface area contributed by atoms with Gasteiger partial charge in [-0.3, -0.25) is 4.79 Å². The largest absolute Gasteiger partial charge is 0.504 e. The Kier molecular flexibility index (Phi) is 3.47. The van der Waals surface area contributed by atoms with Crippen LogP contribution in [0.15, 0.2) is 40.9 Å². The number of methoxy groups -OCH3 is 1. The summed E-state index contributed by atoms with van der Waals surface area (Å²) in [7, 11) is 1.48. The fourth-order valence-corrected chi connectivity index (χ4v) is 2.86. The van der Waals surface area contributed by atoms with E-state index in [1.54, 1.807) is 18.2 Å². The summed E-state index contributed by atoms with van der Waals surface area (Å²) < 4.78 is 5.79. The van der Waals surface area contributed by atoms with E-state index in [4.69, 9.17) is 4.74 Å². The number of anilines is 1. The summed E-state index contributed by atoms with van der Waals surface area (Å²) in [6, 6.07) is 10.5. The van der Waals surface area contributed by atoms with Crippen LogP contribution >= 0.6 is 15.9 Å². The van der Waals surface area contributed by atoms with Crippen LogP contribution in [0, 0.1) is 0 Å². The number of carbonyl (C=O) groups excluding carboxylic acids is 1. The van der Waals surface area contributed by atoms with Gasteiger partial charge in [0.2, 0.25) is 0 Å². The van der Waals surface area contributed by atoms with Crippen LogP contribution in [0.25, 0.3) is 0 Å². The Balaban J connectivity index is 2.00. The fraction of sp³-hybridized carbons (Fsp3) is 0.133. The summed E-state index contributed by atoms with van der Waals surface area (Å²) >= 11 is 3.44. The van der Waals surface area contributed by atoms with Crippen molar-refractivity contribution in [3.05, 3.63) is 52.0 Å². The molecule has 1 aliphatic rings. The maximum absolute atomic E-state index is 12.1. The van der Waals surface area contributed by atoms with Gasteiger partial charge in [-0.05, 0) is 24.3 Å². The molecule has 1 heterocycles. The third-order valence-corrected chi connectivity index (χ3v) is 4.04. The minimum atomic E-state index is -0.432. The zero-order valence-electron chi connectivity index (χ0n) is 11.2. The lowest BCUT2D eigenvalue weighted by atomic mass is 10.1. The number of hydrogen-bond donors (Lipinski definition) is 3. The zero-order chi connectivity index (χ0) is 15.0. The number of aromatic hydroxyl groups is 1. The van der Waals surface area contributed by atoms with E-state index >= 15 is 0 Å². The van der Waals surface area contributed by atoms with Crippen molar-refractivity contribution in [1.29, 1.82) is 0 Å². The molecule has 6 heteroatoms. The molecule has 3 rings (SSSR count). The van der Waals surface area contributed by atoms with Crippen molar-refractivity contribution in [2.75, 3.05) is 12.4 Å². The van der Waals surface area contributed by atoms with Gasteiger partial charge in [-0.2, -0.15) is 0 Å². The summed E-state index contributed by atoms with van der Waals surface area (Å²) in [5.74, 6) is 0.232. The van der Waals surface area contributed by atoms with Crippen LogP contribution in [0.1, 0.15) is 22.1 Å². The van der Waals surface area contributed by atoms with Gasteiger partial charge in [-0.15, -0.1) is 0 Å². The molecule has 2 aromatic carbocycles. The Bertz CT molecular complexity index is 718. The Morgan fingerprint density at radius 2 is 2.00 bits per heavy atom. The Hall–Kier alpha value is -2.21. The van der Waals surface area contributed by atoms with E-state index in [9.17, 15) is 9.90 Å². The second kappa shape index (κ2) is 5.29. The highest BCUT2D eigenvalue weighted by molar-refractivity contribution is 9.10. The molecular weight excluding hydrogens is 336 g/mol. The van der Waals surface area contributed by atoms with Crippen molar-refractivity contribution < 1.29 is 14.6 Å². The van der Waals surface area contributed by atoms with Gasteiger partial charge in [0, 0.05) is 15.7 Å². The summed E-state index contributed by atoms with van der Waals surface area (Å²) in [4.78, 5) is 12.1. The third kappa shape index (κ3) is 2.42. The number of nitrogens with one attached hydrogen (secondary N) is 2.